The molecule has 0 spiro atoms. The lowest BCUT2D eigenvalue weighted by atomic mass is 10.1. The lowest BCUT2D eigenvalue weighted by Gasteiger charge is -2.20. The molecule has 25 heavy (non-hydrogen) atoms. The first kappa shape index (κ1) is 18.7. The summed E-state index contributed by atoms with van der Waals surface area (Å²) in [5, 5.41) is 0. The molecule has 2 aromatic carbocycles. The second-order valence-corrected chi connectivity index (χ2v) is 7.90. The highest BCUT2D eigenvalue weighted by Crippen LogP contribution is 2.21. The van der Waals surface area contributed by atoms with Gasteiger partial charge in [0.15, 0.2) is 5.78 Å². The van der Waals surface area contributed by atoms with Gasteiger partial charge in [-0.3, -0.25) is 9.10 Å². The van der Waals surface area contributed by atoms with Crippen LogP contribution >= 0.6 is 0 Å². The van der Waals surface area contributed by atoms with Crippen LogP contribution in [0.25, 0.3) is 0 Å². The predicted octanol–water partition coefficient (Wildman–Crippen LogP) is 2.91. The molecular weight excluding hydrogens is 336 g/mol. The zero-order valence-electron chi connectivity index (χ0n) is 14.6. The van der Waals surface area contributed by atoms with E-state index in [9.17, 15) is 13.2 Å². The first-order valence-corrected chi connectivity index (χ1v) is 9.40. The maximum atomic E-state index is 12.6. The number of sulfonamides is 1. The van der Waals surface area contributed by atoms with Crippen molar-refractivity contribution >= 4 is 21.5 Å². The fourth-order valence-corrected chi connectivity index (χ4v) is 3.45. The summed E-state index contributed by atoms with van der Waals surface area (Å²) in [4.78, 5) is 13.9. The molecular formula is C19H22N2O3S. The molecule has 0 atom stereocenters. The average molecular weight is 358 g/mol. The molecule has 0 aromatic heterocycles. The minimum atomic E-state index is -3.54. The normalized spacial score (nSPS) is 11.5. The number of anilines is 1. The van der Waals surface area contributed by atoms with Gasteiger partial charge in [-0.15, -0.1) is 0 Å². The van der Waals surface area contributed by atoms with Gasteiger partial charge >= 0.3 is 0 Å². The molecule has 5 nitrogen and oxygen atoms in total. The molecule has 0 aliphatic heterocycles. The van der Waals surface area contributed by atoms with E-state index in [1.807, 2.05) is 20.2 Å². The van der Waals surface area contributed by atoms with Crippen molar-refractivity contribution in [3.8, 4) is 0 Å². The number of carbonyl (C=O) groups excluding carboxylic acids is 1. The molecule has 0 amide bonds. The number of rotatable bonds is 7. The standard InChI is InChI=1S/C19H22N2O3S/c1-20(2)13-12-19(22)17-10-7-11-18(14-17)21(3)25(23,24)15-16-8-5-4-6-9-16/h4-14H,15H2,1-3H3. The number of allylic oxidation sites excluding steroid dienone is 1. The van der Waals surface area contributed by atoms with Crippen molar-refractivity contribution in [3.63, 3.8) is 0 Å². The molecule has 0 radical (unpaired) electrons. The maximum absolute atomic E-state index is 12.6. The van der Waals surface area contributed by atoms with Crippen molar-refractivity contribution in [2.45, 2.75) is 5.75 Å². The first-order valence-electron chi connectivity index (χ1n) is 7.79. The average Bonchev–Trinajstić information content (AvgIpc) is 2.59. The molecule has 0 heterocycles. The van der Waals surface area contributed by atoms with Gasteiger partial charge in [0.1, 0.15) is 0 Å². The Labute approximate surface area is 149 Å². The topological polar surface area (TPSA) is 57.7 Å². The van der Waals surface area contributed by atoms with Gasteiger partial charge in [0.25, 0.3) is 0 Å². The number of nitrogens with zero attached hydrogens (tertiary/aromatic N) is 2. The Hall–Kier alpha value is -2.60. The van der Waals surface area contributed by atoms with Crippen molar-refractivity contribution in [2.75, 3.05) is 25.4 Å². The molecule has 0 aliphatic rings. The monoisotopic (exact) mass is 358 g/mol. The van der Waals surface area contributed by atoms with Crippen LogP contribution in [0.1, 0.15) is 15.9 Å². The smallest absolute Gasteiger partial charge is 0.239 e. The molecule has 0 unspecified atom stereocenters. The third kappa shape index (κ3) is 5.19. The van der Waals surface area contributed by atoms with Gasteiger partial charge in [0.2, 0.25) is 10.0 Å². The van der Waals surface area contributed by atoms with Crippen LogP contribution in [0.4, 0.5) is 5.69 Å². The summed E-state index contributed by atoms with van der Waals surface area (Å²) in [5.74, 6) is -0.271. The number of carbonyl (C=O) groups is 1. The van der Waals surface area contributed by atoms with E-state index in [1.54, 1.807) is 59.6 Å². The van der Waals surface area contributed by atoms with Crippen molar-refractivity contribution in [1.29, 1.82) is 0 Å². The number of hydrogen-bond donors (Lipinski definition) is 0. The minimum absolute atomic E-state index is 0.0942. The molecule has 132 valence electrons. The van der Waals surface area contributed by atoms with Gasteiger partial charge < -0.3 is 4.90 Å². The number of ketones is 1. The van der Waals surface area contributed by atoms with Crippen molar-refractivity contribution in [3.05, 3.63) is 78.0 Å². The van der Waals surface area contributed by atoms with Crippen LogP contribution in [-0.4, -0.2) is 40.2 Å². The zero-order chi connectivity index (χ0) is 18.4. The molecule has 0 saturated heterocycles. The van der Waals surface area contributed by atoms with Gasteiger partial charge in [-0.1, -0.05) is 42.5 Å². The molecule has 2 rings (SSSR count). The van der Waals surface area contributed by atoms with E-state index in [-0.39, 0.29) is 11.5 Å². The van der Waals surface area contributed by atoms with Crippen LogP contribution < -0.4 is 4.31 Å². The Morgan fingerprint density at radius 3 is 2.32 bits per heavy atom. The Kier molecular flexibility index (Phi) is 5.98. The van der Waals surface area contributed by atoms with E-state index in [0.717, 1.165) is 5.56 Å². The van der Waals surface area contributed by atoms with Gasteiger partial charge in [-0.05, 0) is 17.7 Å². The zero-order valence-corrected chi connectivity index (χ0v) is 15.4. The third-order valence-corrected chi connectivity index (χ3v) is 5.37. The number of hydrogen-bond acceptors (Lipinski definition) is 4. The van der Waals surface area contributed by atoms with Crippen LogP contribution in [0.3, 0.4) is 0 Å². The van der Waals surface area contributed by atoms with E-state index in [0.29, 0.717) is 11.3 Å². The van der Waals surface area contributed by atoms with Crippen LogP contribution in [0.15, 0.2) is 66.9 Å². The molecule has 0 saturated carbocycles. The van der Waals surface area contributed by atoms with E-state index in [2.05, 4.69) is 0 Å². The lowest BCUT2D eigenvalue weighted by molar-refractivity contribution is 0.104. The first-order chi connectivity index (χ1) is 11.8. The van der Waals surface area contributed by atoms with Gasteiger partial charge in [-0.2, -0.15) is 0 Å². The summed E-state index contributed by atoms with van der Waals surface area (Å²) in [6.07, 6.45) is 3.11. The lowest BCUT2D eigenvalue weighted by Crippen LogP contribution is -2.28. The maximum Gasteiger partial charge on any atom is 0.239 e. The van der Waals surface area contributed by atoms with Gasteiger partial charge in [0, 0.05) is 39.0 Å². The van der Waals surface area contributed by atoms with Crippen LogP contribution in [0, 0.1) is 0 Å². The Balaban J connectivity index is 2.23. The highest BCUT2D eigenvalue weighted by Gasteiger charge is 2.19. The van der Waals surface area contributed by atoms with E-state index >= 15 is 0 Å². The third-order valence-electron chi connectivity index (χ3n) is 3.63. The van der Waals surface area contributed by atoms with E-state index in [1.165, 1.54) is 17.4 Å². The fraction of sp³-hybridized carbons (Fsp3) is 0.211. The quantitative estimate of drug-likeness (QED) is 0.564. The number of benzene rings is 2. The summed E-state index contributed by atoms with van der Waals surface area (Å²) >= 11 is 0. The Morgan fingerprint density at radius 1 is 1.00 bits per heavy atom. The largest absolute Gasteiger partial charge is 0.383 e. The van der Waals surface area contributed by atoms with E-state index < -0.39 is 10.0 Å². The molecule has 2 aromatic rings. The second kappa shape index (κ2) is 7.98. The summed E-state index contributed by atoms with van der Waals surface area (Å²) in [5.41, 5.74) is 1.62. The summed E-state index contributed by atoms with van der Waals surface area (Å²) < 4.78 is 26.4. The molecule has 0 N–H and O–H groups in total. The SMILES string of the molecule is CN(C)C=CC(=O)c1cccc(N(C)S(=O)(=O)Cc2ccccc2)c1. The Bertz CT molecular complexity index is 859. The van der Waals surface area contributed by atoms with Crippen LogP contribution in [0.2, 0.25) is 0 Å². The van der Waals surface area contributed by atoms with Crippen molar-refractivity contribution in [1.82, 2.24) is 4.90 Å². The minimum Gasteiger partial charge on any atom is -0.383 e. The molecule has 0 fully saturated rings. The van der Waals surface area contributed by atoms with Crippen LogP contribution in [0.5, 0.6) is 0 Å². The van der Waals surface area contributed by atoms with Crippen molar-refractivity contribution in [2.24, 2.45) is 0 Å². The summed E-state index contributed by atoms with van der Waals surface area (Å²) in [7, 11) is 1.61. The summed E-state index contributed by atoms with van der Waals surface area (Å²) in [6, 6.07) is 15.6. The van der Waals surface area contributed by atoms with Crippen molar-refractivity contribution < 1.29 is 13.2 Å². The molecule has 0 bridgehead atoms. The predicted molar refractivity (Wildman–Crippen MR) is 101 cm³/mol. The highest BCUT2D eigenvalue weighted by molar-refractivity contribution is 7.92. The van der Waals surface area contributed by atoms with Gasteiger partial charge in [0.05, 0.1) is 11.4 Å². The second-order valence-electron chi connectivity index (χ2n) is 5.90. The fourth-order valence-electron chi connectivity index (χ4n) is 2.21. The molecule has 0 aliphatic carbocycles. The summed E-state index contributed by atoms with van der Waals surface area (Å²) in [6.45, 7) is 0. The Morgan fingerprint density at radius 2 is 1.68 bits per heavy atom. The van der Waals surface area contributed by atoms with Crippen LogP contribution in [-0.2, 0) is 15.8 Å². The van der Waals surface area contributed by atoms with E-state index in [4.69, 9.17) is 0 Å². The molecule has 6 heteroatoms. The highest BCUT2D eigenvalue weighted by atomic mass is 32.2. The van der Waals surface area contributed by atoms with Gasteiger partial charge in [-0.25, -0.2) is 8.42 Å².